The van der Waals surface area contributed by atoms with Crippen LogP contribution in [0.5, 0.6) is 5.88 Å². The molecule has 7 nitrogen and oxygen atoms in total. The van der Waals surface area contributed by atoms with Crippen molar-refractivity contribution >= 4 is 33.5 Å². The van der Waals surface area contributed by atoms with Gasteiger partial charge in [-0.05, 0) is 56.3 Å². The number of nitrogens with zero attached hydrogens (tertiary/aromatic N) is 3. The van der Waals surface area contributed by atoms with Crippen molar-refractivity contribution in [3.63, 3.8) is 0 Å². The average Bonchev–Trinajstić information content (AvgIpc) is 3.19. The molecule has 3 aromatic heterocycles. The van der Waals surface area contributed by atoms with Crippen LogP contribution in [-0.2, 0) is 0 Å². The van der Waals surface area contributed by atoms with E-state index in [9.17, 15) is 0 Å². The van der Waals surface area contributed by atoms with Gasteiger partial charge in [-0.3, -0.25) is 0 Å². The molecular formula is C16H20N6OS. The van der Waals surface area contributed by atoms with Gasteiger partial charge in [0.15, 0.2) is 0 Å². The molecule has 3 aromatic rings. The fourth-order valence-electron chi connectivity index (χ4n) is 2.96. The van der Waals surface area contributed by atoms with Gasteiger partial charge < -0.3 is 20.8 Å². The molecule has 8 heteroatoms. The number of ether oxygens (including phenoxy) is 1. The molecule has 0 aliphatic heterocycles. The summed E-state index contributed by atoms with van der Waals surface area (Å²) in [5.74, 6) is 1.11. The number of aromatic amines is 1. The van der Waals surface area contributed by atoms with Crippen LogP contribution in [-0.4, -0.2) is 31.5 Å². The van der Waals surface area contributed by atoms with Crippen LogP contribution in [0.2, 0.25) is 0 Å². The maximum Gasteiger partial charge on any atom is 0.243 e. The van der Waals surface area contributed by atoms with Crippen molar-refractivity contribution in [2.75, 3.05) is 5.32 Å². The number of anilines is 2. The van der Waals surface area contributed by atoms with Crippen LogP contribution in [0.3, 0.4) is 0 Å². The molecule has 0 amide bonds. The van der Waals surface area contributed by atoms with Crippen molar-refractivity contribution in [2.24, 2.45) is 5.73 Å². The van der Waals surface area contributed by atoms with Gasteiger partial charge in [0.05, 0.1) is 11.2 Å². The molecule has 0 radical (unpaired) electrons. The van der Waals surface area contributed by atoms with Crippen LogP contribution in [0.15, 0.2) is 18.3 Å². The molecule has 0 spiro atoms. The lowest BCUT2D eigenvalue weighted by Crippen LogP contribution is -2.31. The van der Waals surface area contributed by atoms with E-state index in [1.54, 1.807) is 0 Å². The van der Waals surface area contributed by atoms with Crippen molar-refractivity contribution < 1.29 is 4.74 Å². The van der Waals surface area contributed by atoms with Crippen LogP contribution in [0.4, 0.5) is 10.9 Å². The SMILES string of the molecule is Cc1cc(Nc2nc(O[C@H]3CC[C@H](N)CC3)c3[nH]ccc3n2)sn1. The number of nitrogens with two attached hydrogens (primary N) is 1. The third kappa shape index (κ3) is 3.20. The summed E-state index contributed by atoms with van der Waals surface area (Å²) in [6, 6.07) is 4.19. The Morgan fingerprint density at radius 2 is 2.12 bits per heavy atom. The van der Waals surface area contributed by atoms with Crippen molar-refractivity contribution in [3.05, 3.63) is 24.0 Å². The van der Waals surface area contributed by atoms with Crippen molar-refractivity contribution in [3.8, 4) is 5.88 Å². The monoisotopic (exact) mass is 344 g/mol. The van der Waals surface area contributed by atoms with E-state index in [-0.39, 0.29) is 6.10 Å². The first-order valence-corrected chi connectivity index (χ1v) is 8.92. The zero-order chi connectivity index (χ0) is 16.5. The van der Waals surface area contributed by atoms with Gasteiger partial charge in [-0.2, -0.15) is 9.36 Å². The lowest BCUT2D eigenvalue weighted by Gasteiger charge is -2.26. The Morgan fingerprint density at radius 3 is 2.88 bits per heavy atom. The summed E-state index contributed by atoms with van der Waals surface area (Å²) in [7, 11) is 0. The Morgan fingerprint density at radius 1 is 1.29 bits per heavy atom. The largest absolute Gasteiger partial charge is 0.473 e. The van der Waals surface area contributed by atoms with E-state index in [1.165, 1.54) is 11.5 Å². The summed E-state index contributed by atoms with van der Waals surface area (Å²) in [6.07, 6.45) is 5.92. The Hall–Kier alpha value is -2.19. The molecule has 4 N–H and O–H groups in total. The van der Waals surface area contributed by atoms with Crippen molar-refractivity contribution in [1.82, 2.24) is 19.3 Å². The van der Waals surface area contributed by atoms with Crippen LogP contribution >= 0.6 is 11.5 Å². The molecule has 1 aliphatic carbocycles. The van der Waals surface area contributed by atoms with E-state index in [4.69, 9.17) is 10.5 Å². The Balaban J connectivity index is 1.60. The van der Waals surface area contributed by atoms with E-state index in [1.807, 2.05) is 25.3 Å². The highest BCUT2D eigenvalue weighted by Gasteiger charge is 2.22. The smallest absolute Gasteiger partial charge is 0.243 e. The van der Waals surface area contributed by atoms with Gasteiger partial charge in [0, 0.05) is 12.2 Å². The molecule has 1 aliphatic rings. The molecule has 4 rings (SSSR count). The minimum absolute atomic E-state index is 0.157. The van der Waals surface area contributed by atoms with E-state index in [0.29, 0.717) is 17.9 Å². The number of rotatable bonds is 4. The molecule has 0 aromatic carbocycles. The van der Waals surface area contributed by atoms with Gasteiger partial charge in [-0.1, -0.05) is 0 Å². The van der Waals surface area contributed by atoms with E-state index in [2.05, 4.69) is 24.6 Å². The normalized spacial score (nSPS) is 21.1. The number of hydrogen-bond acceptors (Lipinski definition) is 7. The van der Waals surface area contributed by atoms with Gasteiger partial charge in [0.25, 0.3) is 0 Å². The Kier molecular flexibility index (Phi) is 4.07. The molecular weight excluding hydrogens is 324 g/mol. The Labute approximate surface area is 143 Å². The summed E-state index contributed by atoms with van der Waals surface area (Å²) in [5, 5.41) is 4.13. The second kappa shape index (κ2) is 6.37. The Bertz CT molecular complexity index is 836. The summed E-state index contributed by atoms with van der Waals surface area (Å²) >= 11 is 1.39. The zero-order valence-electron chi connectivity index (χ0n) is 13.5. The molecule has 126 valence electrons. The highest BCUT2D eigenvalue weighted by atomic mass is 32.1. The summed E-state index contributed by atoms with van der Waals surface area (Å²) in [4.78, 5) is 12.3. The maximum atomic E-state index is 6.17. The standard InChI is InChI=1S/C16H20N6OS/c1-9-8-13(24-22-9)20-16-19-12-6-7-18-14(12)15(21-16)23-11-4-2-10(17)3-5-11/h6-8,10-11,18H,2-5,17H2,1H3,(H,19,20,21)/t10-,11-. The molecule has 0 bridgehead atoms. The lowest BCUT2D eigenvalue weighted by atomic mass is 9.94. The minimum Gasteiger partial charge on any atom is -0.473 e. The third-order valence-corrected chi connectivity index (χ3v) is 5.03. The number of hydrogen-bond donors (Lipinski definition) is 3. The van der Waals surface area contributed by atoms with Gasteiger partial charge in [-0.25, -0.2) is 4.98 Å². The second-order valence-electron chi connectivity index (χ2n) is 6.20. The van der Waals surface area contributed by atoms with Gasteiger partial charge >= 0.3 is 0 Å². The quantitative estimate of drug-likeness (QED) is 0.672. The molecule has 1 saturated carbocycles. The fraction of sp³-hybridized carbons (Fsp3) is 0.438. The number of nitrogens with one attached hydrogen (secondary N) is 2. The summed E-state index contributed by atoms with van der Waals surface area (Å²) in [5.41, 5.74) is 8.61. The van der Waals surface area contributed by atoms with E-state index in [0.717, 1.165) is 47.4 Å². The van der Waals surface area contributed by atoms with Crippen molar-refractivity contribution in [1.29, 1.82) is 0 Å². The molecule has 0 unspecified atom stereocenters. The van der Waals surface area contributed by atoms with Crippen LogP contribution in [0.25, 0.3) is 11.0 Å². The highest BCUT2D eigenvalue weighted by Crippen LogP contribution is 2.29. The number of aryl methyl sites for hydroxylation is 1. The zero-order valence-corrected chi connectivity index (χ0v) is 14.3. The first-order chi connectivity index (χ1) is 11.7. The lowest BCUT2D eigenvalue weighted by molar-refractivity contribution is 0.143. The predicted octanol–water partition coefficient (Wildman–Crippen LogP) is 3.12. The van der Waals surface area contributed by atoms with E-state index >= 15 is 0 Å². The minimum atomic E-state index is 0.157. The van der Waals surface area contributed by atoms with Gasteiger partial charge in [0.2, 0.25) is 11.8 Å². The third-order valence-electron chi connectivity index (χ3n) is 4.23. The predicted molar refractivity (Wildman–Crippen MR) is 94.9 cm³/mol. The number of H-pyrrole nitrogens is 1. The van der Waals surface area contributed by atoms with Crippen LogP contribution < -0.4 is 15.8 Å². The molecule has 3 heterocycles. The van der Waals surface area contributed by atoms with E-state index < -0.39 is 0 Å². The van der Waals surface area contributed by atoms with Crippen LogP contribution in [0, 0.1) is 6.92 Å². The molecule has 1 fully saturated rings. The molecule has 0 atom stereocenters. The molecule has 24 heavy (non-hydrogen) atoms. The number of aromatic nitrogens is 4. The summed E-state index contributed by atoms with van der Waals surface area (Å²) in [6.45, 7) is 1.96. The first kappa shape index (κ1) is 15.3. The fourth-order valence-corrected chi connectivity index (χ4v) is 3.61. The highest BCUT2D eigenvalue weighted by molar-refractivity contribution is 7.10. The first-order valence-electron chi connectivity index (χ1n) is 8.15. The van der Waals surface area contributed by atoms with Crippen molar-refractivity contribution in [2.45, 2.75) is 44.8 Å². The van der Waals surface area contributed by atoms with Crippen LogP contribution in [0.1, 0.15) is 31.4 Å². The maximum absolute atomic E-state index is 6.17. The second-order valence-corrected chi connectivity index (χ2v) is 7.01. The van der Waals surface area contributed by atoms with Gasteiger partial charge in [-0.15, -0.1) is 0 Å². The number of fused-ring (bicyclic) bond motifs is 1. The van der Waals surface area contributed by atoms with Gasteiger partial charge in [0.1, 0.15) is 16.6 Å². The topological polar surface area (TPSA) is 102 Å². The summed E-state index contributed by atoms with van der Waals surface area (Å²) < 4.78 is 10.4. The molecule has 0 saturated heterocycles. The average molecular weight is 344 g/mol.